The fourth-order valence-corrected chi connectivity index (χ4v) is 1.77. The predicted molar refractivity (Wildman–Crippen MR) is 71.5 cm³/mol. The molecule has 5 heteroatoms. The molecule has 0 aliphatic rings. The van der Waals surface area contributed by atoms with E-state index < -0.39 is 0 Å². The highest BCUT2D eigenvalue weighted by atomic mass is 15.3. The van der Waals surface area contributed by atoms with Crippen molar-refractivity contribution in [2.45, 2.75) is 33.2 Å². The highest BCUT2D eigenvalue weighted by Crippen LogP contribution is 2.05. The number of nitrogens with zero attached hydrogens (tertiary/aromatic N) is 4. The van der Waals surface area contributed by atoms with Gasteiger partial charge in [-0.3, -0.25) is 4.68 Å². The summed E-state index contributed by atoms with van der Waals surface area (Å²) in [5, 5.41) is 7.53. The van der Waals surface area contributed by atoms with E-state index in [0.717, 1.165) is 37.4 Å². The Bertz CT molecular complexity index is 492. The van der Waals surface area contributed by atoms with Crippen molar-refractivity contribution in [1.29, 1.82) is 0 Å². The molecule has 0 aliphatic heterocycles. The van der Waals surface area contributed by atoms with Crippen LogP contribution in [0.5, 0.6) is 0 Å². The van der Waals surface area contributed by atoms with E-state index in [2.05, 4.69) is 27.3 Å². The second kappa shape index (κ2) is 6.14. The zero-order valence-corrected chi connectivity index (χ0v) is 10.9. The average Bonchev–Trinajstić information content (AvgIpc) is 2.76. The van der Waals surface area contributed by atoms with Gasteiger partial charge in [-0.1, -0.05) is 13.3 Å². The van der Waals surface area contributed by atoms with Crippen LogP contribution in [0.25, 0.3) is 0 Å². The summed E-state index contributed by atoms with van der Waals surface area (Å²) in [6.07, 6.45) is 7.61. The highest BCUT2D eigenvalue weighted by molar-refractivity contribution is 5.34. The third kappa shape index (κ3) is 3.55. The van der Waals surface area contributed by atoms with Crippen LogP contribution in [0.1, 0.15) is 24.6 Å². The van der Waals surface area contributed by atoms with Crippen LogP contribution in [0.2, 0.25) is 0 Å². The molecule has 0 saturated carbocycles. The molecule has 2 heterocycles. The SMILES string of the molecule is CCCc1cc(NCCn2cc(C)cn2)ncn1. The zero-order chi connectivity index (χ0) is 12.8. The minimum absolute atomic E-state index is 0.809. The molecule has 0 amide bonds. The molecule has 18 heavy (non-hydrogen) atoms. The Morgan fingerprint density at radius 2 is 2.22 bits per heavy atom. The number of aryl methyl sites for hydroxylation is 2. The molecule has 2 aromatic heterocycles. The smallest absolute Gasteiger partial charge is 0.129 e. The van der Waals surface area contributed by atoms with Crippen molar-refractivity contribution in [3.63, 3.8) is 0 Å². The number of rotatable bonds is 6. The molecule has 0 aliphatic carbocycles. The first kappa shape index (κ1) is 12.5. The summed E-state index contributed by atoms with van der Waals surface area (Å²) < 4.78 is 1.93. The summed E-state index contributed by atoms with van der Waals surface area (Å²) in [6, 6.07) is 2.01. The monoisotopic (exact) mass is 245 g/mol. The van der Waals surface area contributed by atoms with Gasteiger partial charge in [-0.05, 0) is 18.9 Å². The fraction of sp³-hybridized carbons (Fsp3) is 0.462. The van der Waals surface area contributed by atoms with Crippen LogP contribution in [0.3, 0.4) is 0 Å². The standard InChI is InChI=1S/C13H19N5/c1-3-4-12-7-13(16-10-15-12)14-5-6-18-9-11(2)8-17-18/h7-10H,3-6H2,1-2H3,(H,14,15,16). The third-order valence-electron chi connectivity index (χ3n) is 2.64. The summed E-state index contributed by atoms with van der Waals surface area (Å²) in [7, 11) is 0. The first-order chi connectivity index (χ1) is 8.78. The van der Waals surface area contributed by atoms with Crippen molar-refractivity contribution in [3.8, 4) is 0 Å². The average molecular weight is 245 g/mol. The van der Waals surface area contributed by atoms with Crippen LogP contribution in [0, 0.1) is 6.92 Å². The maximum Gasteiger partial charge on any atom is 0.129 e. The van der Waals surface area contributed by atoms with E-state index in [1.807, 2.05) is 30.1 Å². The van der Waals surface area contributed by atoms with Crippen molar-refractivity contribution >= 4 is 5.82 Å². The van der Waals surface area contributed by atoms with E-state index in [1.165, 1.54) is 5.56 Å². The van der Waals surface area contributed by atoms with Crippen molar-refractivity contribution in [3.05, 3.63) is 36.0 Å². The van der Waals surface area contributed by atoms with E-state index in [0.29, 0.717) is 0 Å². The number of aromatic nitrogens is 4. The molecule has 5 nitrogen and oxygen atoms in total. The molecule has 0 fully saturated rings. The predicted octanol–water partition coefficient (Wildman–Crippen LogP) is 2.05. The molecule has 2 aromatic rings. The molecule has 0 bridgehead atoms. The Morgan fingerprint density at radius 3 is 2.94 bits per heavy atom. The molecule has 0 unspecified atom stereocenters. The van der Waals surface area contributed by atoms with E-state index in [4.69, 9.17) is 0 Å². The Kier molecular flexibility index (Phi) is 4.28. The molecule has 0 radical (unpaired) electrons. The summed E-state index contributed by atoms with van der Waals surface area (Å²) in [6.45, 7) is 5.83. The molecular formula is C13H19N5. The van der Waals surface area contributed by atoms with Gasteiger partial charge in [-0.2, -0.15) is 5.10 Å². The summed E-state index contributed by atoms with van der Waals surface area (Å²) >= 11 is 0. The van der Waals surface area contributed by atoms with Gasteiger partial charge in [-0.25, -0.2) is 9.97 Å². The van der Waals surface area contributed by atoms with Gasteiger partial charge in [0.05, 0.1) is 12.7 Å². The lowest BCUT2D eigenvalue weighted by molar-refractivity contribution is 0.636. The van der Waals surface area contributed by atoms with Gasteiger partial charge >= 0.3 is 0 Å². The van der Waals surface area contributed by atoms with Gasteiger partial charge in [-0.15, -0.1) is 0 Å². The van der Waals surface area contributed by atoms with Crippen LogP contribution in [-0.4, -0.2) is 26.3 Å². The van der Waals surface area contributed by atoms with Gasteiger partial charge in [0.15, 0.2) is 0 Å². The molecule has 96 valence electrons. The number of nitrogens with one attached hydrogen (secondary N) is 1. The lowest BCUT2D eigenvalue weighted by Gasteiger charge is -2.06. The van der Waals surface area contributed by atoms with E-state index in [-0.39, 0.29) is 0 Å². The summed E-state index contributed by atoms with van der Waals surface area (Å²) in [5.41, 5.74) is 2.27. The van der Waals surface area contributed by atoms with Crippen LogP contribution in [0.15, 0.2) is 24.8 Å². The number of hydrogen-bond donors (Lipinski definition) is 1. The first-order valence-corrected chi connectivity index (χ1v) is 6.32. The molecule has 0 saturated heterocycles. The maximum absolute atomic E-state index is 4.24. The maximum atomic E-state index is 4.24. The first-order valence-electron chi connectivity index (χ1n) is 6.32. The summed E-state index contributed by atoms with van der Waals surface area (Å²) in [4.78, 5) is 8.44. The van der Waals surface area contributed by atoms with Crippen LogP contribution < -0.4 is 5.32 Å². The van der Waals surface area contributed by atoms with Crippen molar-refractivity contribution in [1.82, 2.24) is 19.7 Å². The number of hydrogen-bond acceptors (Lipinski definition) is 4. The Morgan fingerprint density at radius 1 is 1.33 bits per heavy atom. The molecule has 0 atom stereocenters. The van der Waals surface area contributed by atoms with Crippen LogP contribution in [0.4, 0.5) is 5.82 Å². The zero-order valence-electron chi connectivity index (χ0n) is 10.9. The Balaban J connectivity index is 1.84. The van der Waals surface area contributed by atoms with E-state index in [1.54, 1.807) is 6.33 Å². The number of anilines is 1. The van der Waals surface area contributed by atoms with E-state index >= 15 is 0 Å². The minimum atomic E-state index is 0.809. The largest absolute Gasteiger partial charge is 0.368 e. The second-order valence-electron chi connectivity index (χ2n) is 4.35. The molecule has 1 N–H and O–H groups in total. The Hall–Kier alpha value is -1.91. The van der Waals surface area contributed by atoms with Crippen molar-refractivity contribution in [2.24, 2.45) is 0 Å². The topological polar surface area (TPSA) is 55.6 Å². The second-order valence-corrected chi connectivity index (χ2v) is 4.35. The molecule has 0 spiro atoms. The quantitative estimate of drug-likeness (QED) is 0.846. The van der Waals surface area contributed by atoms with Gasteiger partial charge < -0.3 is 5.32 Å². The van der Waals surface area contributed by atoms with Crippen molar-refractivity contribution in [2.75, 3.05) is 11.9 Å². The lowest BCUT2D eigenvalue weighted by Crippen LogP contribution is -2.12. The van der Waals surface area contributed by atoms with Crippen LogP contribution >= 0.6 is 0 Å². The lowest BCUT2D eigenvalue weighted by atomic mass is 10.2. The molecule has 0 aromatic carbocycles. The van der Waals surface area contributed by atoms with Gasteiger partial charge in [0.2, 0.25) is 0 Å². The normalized spacial score (nSPS) is 10.6. The highest BCUT2D eigenvalue weighted by Gasteiger charge is 1.98. The molecular weight excluding hydrogens is 226 g/mol. The van der Waals surface area contributed by atoms with Gasteiger partial charge in [0.1, 0.15) is 12.1 Å². The molecule has 2 rings (SSSR count). The fourth-order valence-electron chi connectivity index (χ4n) is 1.77. The van der Waals surface area contributed by atoms with Gasteiger partial charge in [0.25, 0.3) is 0 Å². The third-order valence-corrected chi connectivity index (χ3v) is 2.64. The summed E-state index contributed by atoms with van der Waals surface area (Å²) in [5.74, 6) is 0.886. The van der Waals surface area contributed by atoms with Crippen LogP contribution in [-0.2, 0) is 13.0 Å². The van der Waals surface area contributed by atoms with E-state index in [9.17, 15) is 0 Å². The van der Waals surface area contributed by atoms with Crippen molar-refractivity contribution < 1.29 is 0 Å². The Labute approximate surface area is 107 Å². The van der Waals surface area contributed by atoms with Gasteiger partial charge in [0, 0.05) is 24.5 Å². The minimum Gasteiger partial charge on any atom is -0.368 e.